The number of anilines is 2. The van der Waals surface area contributed by atoms with Crippen LogP contribution in [0.3, 0.4) is 0 Å². The van der Waals surface area contributed by atoms with Crippen LogP contribution >= 0.6 is 0 Å². The fourth-order valence-corrected chi connectivity index (χ4v) is 1.91. The van der Waals surface area contributed by atoms with Crippen LogP contribution in [-0.4, -0.2) is 0 Å². The zero-order chi connectivity index (χ0) is 14.5. The highest BCUT2D eigenvalue weighted by Crippen LogP contribution is 2.17. The minimum atomic E-state index is 0.0297. The van der Waals surface area contributed by atoms with Crippen LogP contribution in [0.2, 0.25) is 0 Å². The molecule has 0 amide bonds. The van der Waals surface area contributed by atoms with Gasteiger partial charge in [0.1, 0.15) is 0 Å². The van der Waals surface area contributed by atoms with Crippen molar-refractivity contribution in [1.29, 1.82) is 0 Å². The van der Waals surface area contributed by atoms with E-state index in [9.17, 15) is 0 Å². The second kappa shape index (κ2) is 6.41. The lowest BCUT2D eigenvalue weighted by atomic mass is 10.1. The minimum absolute atomic E-state index is 0.0297. The molecule has 20 heavy (non-hydrogen) atoms. The van der Waals surface area contributed by atoms with E-state index in [1.54, 1.807) is 0 Å². The fourth-order valence-electron chi connectivity index (χ4n) is 1.91. The second-order valence-electron chi connectivity index (χ2n) is 5.07. The molecule has 2 aromatic rings. The fraction of sp³-hybridized carbons (Fsp3) is 0.250. The van der Waals surface area contributed by atoms with Gasteiger partial charge in [-0.1, -0.05) is 24.3 Å². The van der Waals surface area contributed by atoms with Gasteiger partial charge in [-0.25, -0.2) is 0 Å². The predicted octanol–water partition coefficient (Wildman–Crippen LogP) is 3.17. The number of nitrogens with one attached hydrogen (secondary N) is 2. The Morgan fingerprint density at radius 1 is 0.750 bits per heavy atom. The van der Waals surface area contributed by atoms with E-state index in [0.717, 1.165) is 22.5 Å². The standard InChI is InChI=1S/C16H22N4/c1-11(17)13-6-8-15(9-7-13)19-20-16-5-3-4-14(10-16)12(2)18/h3-12,19-20H,17-18H2,1-2H3/t11-,12-/m0/s1. The molecule has 0 aliphatic carbocycles. The molecule has 0 radical (unpaired) electrons. The summed E-state index contributed by atoms with van der Waals surface area (Å²) in [6.45, 7) is 3.94. The molecule has 2 rings (SSSR count). The summed E-state index contributed by atoms with van der Waals surface area (Å²) in [4.78, 5) is 0. The molecule has 2 atom stereocenters. The maximum Gasteiger partial charge on any atom is 0.0543 e. The number of hydrogen-bond acceptors (Lipinski definition) is 4. The van der Waals surface area contributed by atoms with Crippen molar-refractivity contribution >= 4 is 11.4 Å². The first-order chi connectivity index (χ1) is 9.56. The van der Waals surface area contributed by atoms with Gasteiger partial charge in [0.2, 0.25) is 0 Å². The van der Waals surface area contributed by atoms with Crippen LogP contribution in [0, 0.1) is 0 Å². The Balaban J connectivity index is 1.99. The first-order valence-electron chi connectivity index (χ1n) is 6.79. The van der Waals surface area contributed by atoms with Crippen LogP contribution in [0.1, 0.15) is 37.1 Å². The smallest absolute Gasteiger partial charge is 0.0543 e. The van der Waals surface area contributed by atoms with E-state index in [0.29, 0.717) is 0 Å². The van der Waals surface area contributed by atoms with Gasteiger partial charge in [0.05, 0.1) is 11.4 Å². The summed E-state index contributed by atoms with van der Waals surface area (Å²) in [5.41, 5.74) is 22.2. The first kappa shape index (κ1) is 14.4. The minimum Gasteiger partial charge on any atom is -0.324 e. The van der Waals surface area contributed by atoms with Crippen molar-refractivity contribution in [1.82, 2.24) is 0 Å². The summed E-state index contributed by atoms with van der Waals surface area (Å²) in [6.07, 6.45) is 0. The molecule has 0 fully saturated rings. The van der Waals surface area contributed by atoms with Gasteiger partial charge in [-0.05, 0) is 49.2 Å². The largest absolute Gasteiger partial charge is 0.324 e. The van der Waals surface area contributed by atoms with Gasteiger partial charge < -0.3 is 22.3 Å². The topological polar surface area (TPSA) is 76.1 Å². The average molecular weight is 270 g/mol. The molecule has 0 spiro atoms. The molecular formula is C16H22N4. The van der Waals surface area contributed by atoms with E-state index in [1.807, 2.05) is 62.4 Å². The van der Waals surface area contributed by atoms with Crippen molar-refractivity contribution in [2.45, 2.75) is 25.9 Å². The van der Waals surface area contributed by atoms with Crippen LogP contribution in [0.4, 0.5) is 11.4 Å². The monoisotopic (exact) mass is 270 g/mol. The summed E-state index contributed by atoms with van der Waals surface area (Å²) >= 11 is 0. The van der Waals surface area contributed by atoms with Crippen LogP contribution in [-0.2, 0) is 0 Å². The summed E-state index contributed by atoms with van der Waals surface area (Å²) in [5, 5.41) is 0. The van der Waals surface area contributed by atoms with Crippen molar-refractivity contribution in [3.8, 4) is 0 Å². The third kappa shape index (κ3) is 3.73. The normalized spacial score (nSPS) is 13.6. The van der Waals surface area contributed by atoms with Crippen molar-refractivity contribution in [2.75, 3.05) is 10.9 Å². The molecule has 2 aromatic carbocycles. The van der Waals surface area contributed by atoms with Crippen LogP contribution in [0.25, 0.3) is 0 Å². The Labute approximate surface area is 120 Å². The Hall–Kier alpha value is -2.04. The van der Waals surface area contributed by atoms with Gasteiger partial charge in [-0.3, -0.25) is 0 Å². The summed E-state index contributed by atoms with van der Waals surface area (Å²) in [7, 11) is 0. The Morgan fingerprint density at radius 3 is 1.95 bits per heavy atom. The SMILES string of the molecule is C[C@H](N)c1ccc(NNc2cccc([C@H](C)N)c2)cc1. The molecule has 4 nitrogen and oxygen atoms in total. The highest BCUT2D eigenvalue weighted by Gasteiger charge is 2.01. The van der Waals surface area contributed by atoms with Crippen LogP contribution < -0.4 is 22.3 Å². The van der Waals surface area contributed by atoms with E-state index in [-0.39, 0.29) is 12.1 Å². The molecule has 0 heterocycles. The maximum atomic E-state index is 5.87. The van der Waals surface area contributed by atoms with E-state index < -0.39 is 0 Å². The van der Waals surface area contributed by atoms with Gasteiger partial charge in [0.15, 0.2) is 0 Å². The van der Waals surface area contributed by atoms with Gasteiger partial charge in [0.25, 0.3) is 0 Å². The number of hydrogen-bond donors (Lipinski definition) is 4. The molecule has 0 bridgehead atoms. The van der Waals surface area contributed by atoms with Crippen molar-refractivity contribution in [3.63, 3.8) is 0 Å². The van der Waals surface area contributed by atoms with E-state index in [4.69, 9.17) is 11.5 Å². The predicted molar refractivity (Wildman–Crippen MR) is 85.3 cm³/mol. The quantitative estimate of drug-likeness (QED) is 0.629. The highest BCUT2D eigenvalue weighted by molar-refractivity contribution is 5.54. The molecule has 0 unspecified atom stereocenters. The summed E-state index contributed by atoms with van der Waals surface area (Å²) in [5.74, 6) is 0. The first-order valence-corrected chi connectivity index (χ1v) is 6.79. The van der Waals surface area contributed by atoms with Gasteiger partial charge in [-0.15, -0.1) is 0 Å². The van der Waals surface area contributed by atoms with Crippen LogP contribution in [0.15, 0.2) is 48.5 Å². The van der Waals surface area contributed by atoms with Crippen molar-refractivity contribution < 1.29 is 0 Å². The third-order valence-electron chi connectivity index (χ3n) is 3.20. The van der Waals surface area contributed by atoms with Gasteiger partial charge in [-0.2, -0.15) is 0 Å². The second-order valence-corrected chi connectivity index (χ2v) is 5.07. The molecule has 4 heteroatoms. The van der Waals surface area contributed by atoms with Crippen molar-refractivity contribution in [2.24, 2.45) is 11.5 Å². The van der Waals surface area contributed by atoms with Gasteiger partial charge in [0, 0.05) is 12.1 Å². The lowest BCUT2D eigenvalue weighted by molar-refractivity contribution is 0.818. The summed E-state index contributed by atoms with van der Waals surface area (Å²) in [6, 6.07) is 16.2. The molecular weight excluding hydrogens is 248 g/mol. The van der Waals surface area contributed by atoms with Crippen molar-refractivity contribution in [3.05, 3.63) is 59.7 Å². The van der Waals surface area contributed by atoms with E-state index >= 15 is 0 Å². The number of rotatable bonds is 5. The van der Waals surface area contributed by atoms with E-state index in [2.05, 4.69) is 10.9 Å². The highest BCUT2D eigenvalue weighted by atomic mass is 15.4. The molecule has 0 saturated carbocycles. The van der Waals surface area contributed by atoms with Crippen LogP contribution in [0.5, 0.6) is 0 Å². The maximum absolute atomic E-state index is 5.87. The molecule has 106 valence electrons. The number of benzene rings is 2. The number of hydrazine groups is 1. The molecule has 0 aromatic heterocycles. The zero-order valence-corrected chi connectivity index (χ0v) is 11.9. The number of nitrogens with two attached hydrogens (primary N) is 2. The average Bonchev–Trinajstić information content (AvgIpc) is 2.46. The Morgan fingerprint density at radius 2 is 1.35 bits per heavy atom. The summed E-state index contributed by atoms with van der Waals surface area (Å²) < 4.78 is 0. The Bertz CT molecular complexity index is 547. The zero-order valence-electron chi connectivity index (χ0n) is 11.9. The van der Waals surface area contributed by atoms with E-state index in [1.165, 1.54) is 0 Å². The third-order valence-corrected chi connectivity index (χ3v) is 3.20. The molecule has 0 saturated heterocycles. The molecule has 0 aliphatic heterocycles. The molecule has 6 N–H and O–H groups in total. The lowest BCUT2D eigenvalue weighted by Crippen LogP contribution is -2.11. The van der Waals surface area contributed by atoms with Gasteiger partial charge >= 0.3 is 0 Å². The Kier molecular flexibility index (Phi) is 4.61. The lowest BCUT2D eigenvalue weighted by Gasteiger charge is -2.13. The molecule has 0 aliphatic rings.